The Bertz CT molecular complexity index is 546. The molecule has 0 aliphatic heterocycles. The van der Waals surface area contributed by atoms with Crippen molar-refractivity contribution in [2.24, 2.45) is 0 Å². The number of nitrogens with one attached hydrogen (secondary N) is 1. The lowest BCUT2D eigenvalue weighted by Gasteiger charge is -2.07. The van der Waals surface area contributed by atoms with Crippen molar-refractivity contribution in [1.82, 2.24) is 0 Å². The van der Waals surface area contributed by atoms with Gasteiger partial charge >= 0.3 is 0 Å². The summed E-state index contributed by atoms with van der Waals surface area (Å²) in [5.41, 5.74) is 4.36. The highest BCUT2D eigenvalue weighted by molar-refractivity contribution is 5.92. The maximum atomic E-state index is 11.9. The Morgan fingerprint density at radius 2 is 1.72 bits per heavy atom. The van der Waals surface area contributed by atoms with Gasteiger partial charge in [-0.05, 0) is 42.7 Å². The largest absolute Gasteiger partial charge is 0.326 e. The van der Waals surface area contributed by atoms with Gasteiger partial charge in [-0.3, -0.25) is 4.79 Å². The Kier molecular flexibility index (Phi) is 3.78. The van der Waals surface area contributed by atoms with E-state index in [4.69, 9.17) is 0 Å². The standard InChI is InChI=1S/C16H17NO/c1-12-8-9-14(10-13(12)2)11-16(18)17-15-6-4-3-5-7-15/h3-10H,11H2,1-2H3,(H,17,18). The Balaban J connectivity index is 2.01. The summed E-state index contributed by atoms with van der Waals surface area (Å²) >= 11 is 0. The number of benzene rings is 2. The summed E-state index contributed by atoms with van der Waals surface area (Å²) in [7, 11) is 0. The van der Waals surface area contributed by atoms with Gasteiger partial charge in [-0.25, -0.2) is 0 Å². The van der Waals surface area contributed by atoms with Crippen LogP contribution >= 0.6 is 0 Å². The number of carbonyl (C=O) groups is 1. The fourth-order valence-corrected chi connectivity index (χ4v) is 1.83. The Morgan fingerprint density at radius 1 is 1.00 bits per heavy atom. The van der Waals surface area contributed by atoms with E-state index >= 15 is 0 Å². The molecule has 0 aromatic heterocycles. The quantitative estimate of drug-likeness (QED) is 0.872. The maximum absolute atomic E-state index is 11.9. The van der Waals surface area contributed by atoms with E-state index in [-0.39, 0.29) is 5.91 Å². The summed E-state index contributed by atoms with van der Waals surface area (Å²) in [4.78, 5) is 11.9. The first kappa shape index (κ1) is 12.4. The minimum Gasteiger partial charge on any atom is -0.326 e. The van der Waals surface area contributed by atoms with Crippen molar-refractivity contribution in [2.45, 2.75) is 20.3 Å². The zero-order valence-electron chi connectivity index (χ0n) is 10.7. The van der Waals surface area contributed by atoms with E-state index in [0.717, 1.165) is 11.3 Å². The van der Waals surface area contributed by atoms with Crippen LogP contribution in [0.25, 0.3) is 0 Å². The van der Waals surface area contributed by atoms with Gasteiger partial charge in [0, 0.05) is 5.69 Å². The van der Waals surface area contributed by atoms with Crippen molar-refractivity contribution >= 4 is 11.6 Å². The number of amides is 1. The van der Waals surface area contributed by atoms with Gasteiger partial charge in [0.05, 0.1) is 6.42 Å². The van der Waals surface area contributed by atoms with Gasteiger partial charge in [0.1, 0.15) is 0 Å². The molecule has 2 nitrogen and oxygen atoms in total. The molecule has 0 spiro atoms. The molecule has 0 aliphatic rings. The lowest BCUT2D eigenvalue weighted by Crippen LogP contribution is -2.14. The van der Waals surface area contributed by atoms with E-state index in [1.807, 2.05) is 36.4 Å². The van der Waals surface area contributed by atoms with E-state index in [1.54, 1.807) is 0 Å². The molecule has 0 fully saturated rings. The van der Waals surface area contributed by atoms with Crippen LogP contribution in [0.1, 0.15) is 16.7 Å². The van der Waals surface area contributed by atoms with Crippen molar-refractivity contribution in [3.8, 4) is 0 Å². The van der Waals surface area contributed by atoms with Crippen molar-refractivity contribution in [2.75, 3.05) is 5.32 Å². The van der Waals surface area contributed by atoms with Crippen molar-refractivity contribution in [3.05, 3.63) is 65.2 Å². The van der Waals surface area contributed by atoms with Gasteiger partial charge in [-0.1, -0.05) is 36.4 Å². The van der Waals surface area contributed by atoms with E-state index in [0.29, 0.717) is 6.42 Å². The number of rotatable bonds is 3. The number of aryl methyl sites for hydroxylation is 2. The molecule has 0 aliphatic carbocycles. The first-order valence-corrected chi connectivity index (χ1v) is 6.06. The molecule has 0 heterocycles. The van der Waals surface area contributed by atoms with E-state index in [2.05, 4.69) is 31.3 Å². The van der Waals surface area contributed by atoms with Crippen LogP contribution in [0.15, 0.2) is 48.5 Å². The van der Waals surface area contributed by atoms with E-state index in [9.17, 15) is 4.79 Å². The van der Waals surface area contributed by atoms with Crippen LogP contribution in [-0.4, -0.2) is 5.91 Å². The number of para-hydroxylation sites is 1. The maximum Gasteiger partial charge on any atom is 0.228 e. The average Bonchev–Trinajstić information content (AvgIpc) is 2.35. The summed E-state index contributed by atoms with van der Waals surface area (Å²) in [6.45, 7) is 4.14. The van der Waals surface area contributed by atoms with Crippen LogP contribution in [0.5, 0.6) is 0 Å². The van der Waals surface area contributed by atoms with Crippen LogP contribution in [0.3, 0.4) is 0 Å². The van der Waals surface area contributed by atoms with Crippen LogP contribution < -0.4 is 5.32 Å². The molecular formula is C16H17NO. The van der Waals surface area contributed by atoms with Gasteiger partial charge in [0.25, 0.3) is 0 Å². The topological polar surface area (TPSA) is 29.1 Å². The van der Waals surface area contributed by atoms with Crippen molar-refractivity contribution in [1.29, 1.82) is 0 Å². The average molecular weight is 239 g/mol. The summed E-state index contributed by atoms with van der Waals surface area (Å²) in [6.07, 6.45) is 0.413. The molecule has 2 aromatic carbocycles. The molecule has 2 aromatic rings. The highest BCUT2D eigenvalue weighted by Crippen LogP contribution is 2.11. The van der Waals surface area contributed by atoms with Crippen LogP contribution in [0.2, 0.25) is 0 Å². The molecule has 0 atom stereocenters. The number of carbonyl (C=O) groups excluding carboxylic acids is 1. The fourth-order valence-electron chi connectivity index (χ4n) is 1.83. The predicted molar refractivity (Wildman–Crippen MR) is 74.7 cm³/mol. The van der Waals surface area contributed by atoms with Gasteiger partial charge < -0.3 is 5.32 Å². The molecule has 0 radical (unpaired) electrons. The lowest BCUT2D eigenvalue weighted by atomic mass is 10.0. The monoisotopic (exact) mass is 239 g/mol. The summed E-state index contributed by atoms with van der Waals surface area (Å²) in [6, 6.07) is 15.7. The van der Waals surface area contributed by atoms with Crippen LogP contribution in [-0.2, 0) is 11.2 Å². The Morgan fingerprint density at radius 3 is 2.39 bits per heavy atom. The number of hydrogen-bond donors (Lipinski definition) is 1. The molecule has 18 heavy (non-hydrogen) atoms. The molecule has 2 heteroatoms. The third-order valence-corrected chi connectivity index (χ3v) is 2.99. The van der Waals surface area contributed by atoms with Crippen molar-refractivity contribution in [3.63, 3.8) is 0 Å². The predicted octanol–water partition coefficient (Wildman–Crippen LogP) is 3.48. The third kappa shape index (κ3) is 3.20. The Hall–Kier alpha value is -2.09. The second-order valence-electron chi connectivity index (χ2n) is 4.51. The smallest absolute Gasteiger partial charge is 0.228 e. The Labute approximate surface area is 108 Å². The highest BCUT2D eigenvalue weighted by atomic mass is 16.1. The first-order valence-electron chi connectivity index (χ1n) is 6.06. The molecule has 0 saturated heterocycles. The van der Waals surface area contributed by atoms with Crippen molar-refractivity contribution < 1.29 is 4.79 Å². The zero-order valence-corrected chi connectivity index (χ0v) is 10.7. The molecule has 0 saturated carbocycles. The summed E-state index contributed by atoms with van der Waals surface area (Å²) < 4.78 is 0. The minimum absolute atomic E-state index is 0.0180. The molecule has 0 bridgehead atoms. The van der Waals surface area contributed by atoms with Crippen LogP contribution in [0, 0.1) is 13.8 Å². The van der Waals surface area contributed by atoms with E-state index in [1.165, 1.54) is 11.1 Å². The van der Waals surface area contributed by atoms with Gasteiger partial charge in [0.2, 0.25) is 5.91 Å². The number of hydrogen-bond acceptors (Lipinski definition) is 1. The lowest BCUT2D eigenvalue weighted by molar-refractivity contribution is -0.115. The second kappa shape index (κ2) is 5.50. The first-order chi connectivity index (χ1) is 8.65. The molecule has 1 amide bonds. The molecule has 0 unspecified atom stereocenters. The zero-order chi connectivity index (χ0) is 13.0. The van der Waals surface area contributed by atoms with Gasteiger partial charge in [0.15, 0.2) is 0 Å². The number of anilines is 1. The van der Waals surface area contributed by atoms with Gasteiger partial charge in [-0.2, -0.15) is 0 Å². The van der Waals surface area contributed by atoms with Crippen LogP contribution in [0.4, 0.5) is 5.69 Å². The second-order valence-corrected chi connectivity index (χ2v) is 4.51. The molecule has 2 rings (SSSR count). The third-order valence-electron chi connectivity index (χ3n) is 2.99. The summed E-state index contributed by atoms with van der Waals surface area (Å²) in [5.74, 6) is 0.0180. The SMILES string of the molecule is Cc1ccc(CC(=O)Nc2ccccc2)cc1C. The molecule has 1 N–H and O–H groups in total. The molecule has 92 valence electrons. The summed E-state index contributed by atoms with van der Waals surface area (Å²) in [5, 5.41) is 2.89. The van der Waals surface area contributed by atoms with E-state index < -0.39 is 0 Å². The fraction of sp³-hybridized carbons (Fsp3) is 0.188. The minimum atomic E-state index is 0.0180. The van der Waals surface area contributed by atoms with Gasteiger partial charge in [-0.15, -0.1) is 0 Å². The molecular weight excluding hydrogens is 222 g/mol. The normalized spacial score (nSPS) is 10.1. The highest BCUT2D eigenvalue weighted by Gasteiger charge is 2.04.